The number of piperazine rings is 1. The molecule has 0 spiro atoms. The molecule has 2 heterocycles. The van der Waals surface area contributed by atoms with Crippen molar-refractivity contribution >= 4 is 34.3 Å². The van der Waals surface area contributed by atoms with E-state index in [0.717, 1.165) is 11.1 Å². The first-order valence-electron chi connectivity index (χ1n) is 10.4. The Morgan fingerprint density at radius 1 is 0.906 bits per heavy atom. The lowest BCUT2D eigenvalue weighted by Crippen LogP contribution is -2.49. The average Bonchev–Trinajstić information content (AvgIpc) is 3.09. The molecule has 1 aromatic heterocycles. The lowest BCUT2D eigenvalue weighted by atomic mass is 10.0. The molecule has 0 bridgehead atoms. The lowest BCUT2D eigenvalue weighted by Gasteiger charge is -2.38. The Morgan fingerprint density at radius 2 is 1.53 bits per heavy atom. The summed E-state index contributed by atoms with van der Waals surface area (Å²) in [4.78, 5) is 39.2. The molecule has 0 aliphatic carbocycles. The van der Waals surface area contributed by atoms with Crippen LogP contribution in [-0.2, 0) is 11.8 Å². The van der Waals surface area contributed by atoms with E-state index in [0.29, 0.717) is 42.8 Å². The van der Waals surface area contributed by atoms with Crippen LogP contribution >= 0.6 is 0 Å². The Labute approximate surface area is 185 Å². The number of aromatic nitrogens is 1. The molecule has 3 aromatic rings. The maximum atomic E-state index is 12.3. The number of carbonyl (C=O) groups is 3. The number of hydrogen-bond acceptors (Lipinski definition) is 5. The minimum Gasteiger partial charge on any atom is -0.480 e. The summed E-state index contributed by atoms with van der Waals surface area (Å²) in [5, 5.41) is 20.1. The van der Waals surface area contributed by atoms with Crippen LogP contribution in [0.2, 0.25) is 0 Å². The molecule has 166 valence electrons. The zero-order valence-electron chi connectivity index (χ0n) is 18.0. The van der Waals surface area contributed by atoms with E-state index in [4.69, 9.17) is 0 Å². The number of anilines is 1. The van der Waals surface area contributed by atoms with Gasteiger partial charge in [-0.2, -0.15) is 0 Å². The first kappa shape index (κ1) is 21.6. The van der Waals surface area contributed by atoms with Crippen LogP contribution in [0, 0.1) is 0 Å². The molecule has 32 heavy (non-hydrogen) atoms. The number of benzene rings is 2. The molecule has 4 rings (SSSR count). The van der Waals surface area contributed by atoms with Crippen molar-refractivity contribution in [2.75, 3.05) is 31.1 Å². The van der Waals surface area contributed by atoms with Crippen molar-refractivity contribution in [2.45, 2.75) is 13.0 Å². The van der Waals surface area contributed by atoms with Gasteiger partial charge in [0, 0.05) is 67.1 Å². The number of aryl methyl sites for hydroxylation is 1. The number of hydrogen-bond donors (Lipinski definition) is 2. The minimum atomic E-state index is -1.02. The number of fused-ring (bicyclic) bond motifs is 1. The fraction of sp³-hybridized carbons (Fsp3) is 0.292. The van der Waals surface area contributed by atoms with Gasteiger partial charge in [-0.15, -0.1) is 0 Å². The van der Waals surface area contributed by atoms with Gasteiger partial charge in [-0.3, -0.25) is 14.5 Å². The van der Waals surface area contributed by atoms with Gasteiger partial charge in [0.25, 0.3) is 0 Å². The molecule has 1 atom stereocenters. The van der Waals surface area contributed by atoms with Crippen LogP contribution in [0.4, 0.5) is 5.69 Å². The van der Waals surface area contributed by atoms with Crippen molar-refractivity contribution in [2.24, 2.45) is 7.05 Å². The summed E-state index contributed by atoms with van der Waals surface area (Å²) in [6.45, 7) is 3.99. The van der Waals surface area contributed by atoms with Gasteiger partial charge >= 0.3 is 11.9 Å². The summed E-state index contributed by atoms with van der Waals surface area (Å²) in [5.41, 5.74) is 3.19. The number of carboxylic acid groups (broad SMARTS) is 2. The molecule has 0 amide bonds. The first-order chi connectivity index (χ1) is 15.3. The Kier molecular flexibility index (Phi) is 5.71. The average molecular weight is 435 g/mol. The molecule has 8 nitrogen and oxygen atoms in total. The van der Waals surface area contributed by atoms with Gasteiger partial charge in [0.05, 0.1) is 5.56 Å². The monoisotopic (exact) mass is 435 g/mol. The smallest absolute Gasteiger partial charge is 0.335 e. The van der Waals surface area contributed by atoms with Crippen LogP contribution in [0.25, 0.3) is 10.9 Å². The lowest BCUT2D eigenvalue weighted by molar-refractivity contribution is -0.143. The molecule has 0 saturated carbocycles. The van der Waals surface area contributed by atoms with Crippen molar-refractivity contribution < 1.29 is 24.6 Å². The number of rotatable bonds is 6. The fourth-order valence-corrected chi connectivity index (χ4v) is 4.40. The highest BCUT2D eigenvalue weighted by molar-refractivity contribution is 5.96. The highest BCUT2D eigenvalue weighted by atomic mass is 16.4. The van der Waals surface area contributed by atoms with Gasteiger partial charge in [-0.25, -0.2) is 4.79 Å². The molecule has 8 heteroatoms. The van der Waals surface area contributed by atoms with Crippen LogP contribution in [0.3, 0.4) is 0 Å². The molecule has 2 aromatic carbocycles. The van der Waals surface area contributed by atoms with E-state index in [1.54, 1.807) is 29.9 Å². The van der Waals surface area contributed by atoms with Crippen molar-refractivity contribution in [3.8, 4) is 0 Å². The predicted molar refractivity (Wildman–Crippen MR) is 120 cm³/mol. The summed E-state index contributed by atoms with van der Waals surface area (Å²) in [6.07, 6.45) is 1.78. The summed E-state index contributed by atoms with van der Waals surface area (Å²) in [7, 11) is 1.79. The highest BCUT2D eigenvalue weighted by Crippen LogP contribution is 2.32. The Hall–Kier alpha value is -3.65. The summed E-state index contributed by atoms with van der Waals surface area (Å²) >= 11 is 0. The van der Waals surface area contributed by atoms with Crippen LogP contribution in [0.15, 0.2) is 48.7 Å². The topological polar surface area (TPSA) is 103 Å². The molecule has 1 aliphatic heterocycles. The van der Waals surface area contributed by atoms with E-state index in [9.17, 15) is 24.6 Å². The minimum absolute atomic E-state index is 0.0243. The number of carbonyl (C=O) groups excluding carboxylic acids is 1. The normalized spacial score (nSPS) is 15.6. The number of aliphatic carboxylic acids is 1. The van der Waals surface area contributed by atoms with Crippen LogP contribution < -0.4 is 4.90 Å². The molecule has 1 saturated heterocycles. The zero-order chi connectivity index (χ0) is 23.0. The Balaban J connectivity index is 1.56. The maximum absolute atomic E-state index is 12.3. The SMILES string of the molecule is CC(=O)c1ccc(N2CCN(C(C(=O)O)c3cn(C)c4cc(C(=O)O)ccc34)CC2)cc1. The summed E-state index contributed by atoms with van der Waals surface area (Å²) < 4.78 is 1.78. The van der Waals surface area contributed by atoms with Gasteiger partial charge in [0.15, 0.2) is 5.78 Å². The first-order valence-corrected chi connectivity index (χ1v) is 10.4. The van der Waals surface area contributed by atoms with E-state index < -0.39 is 18.0 Å². The van der Waals surface area contributed by atoms with Gasteiger partial charge in [-0.1, -0.05) is 6.07 Å². The second-order valence-corrected chi connectivity index (χ2v) is 8.10. The molecule has 1 unspecified atom stereocenters. The van der Waals surface area contributed by atoms with Crippen molar-refractivity contribution in [3.05, 3.63) is 65.4 Å². The second kappa shape index (κ2) is 8.47. The van der Waals surface area contributed by atoms with Crippen LogP contribution in [0.5, 0.6) is 0 Å². The standard InChI is InChI=1S/C24H25N3O5/c1-15(28)16-3-6-18(7-4-16)26-9-11-27(12-10-26)22(24(31)32)20-14-25(2)21-13-17(23(29)30)5-8-19(20)21/h3-8,13-14,22H,9-12H2,1-2H3,(H,29,30)(H,31,32). The maximum Gasteiger partial charge on any atom is 0.335 e. The van der Waals surface area contributed by atoms with Crippen LogP contribution in [0.1, 0.15) is 39.2 Å². The number of ketones is 1. The van der Waals surface area contributed by atoms with E-state index in [1.165, 1.54) is 13.0 Å². The van der Waals surface area contributed by atoms with Gasteiger partial charge in [-0.05, 0) is 43.3 Å². The van der Waals surface area contributed by atoms with E-state index in [2.05, 4.69) is 4.90 Å². The van der Waals surface area contributed by atoms with Gasteiger partial charge in [0.2, 0.25) is 0 Å². The van der Waals surface area contributed by atoms with E-state index in [-0.39, 0.29) is 11.3 Å². The third-order valence-electron chi connectivity index (χ3n) is 6.12. The molecule has 2 N–H and O–H groups in total. The number of aromatic carboxylic acids is 1. The van der Waals surface area contributed by atoms with E-state index in [1.807, 2.05) is 29.2 Å². The summed E-state index contributed by atoms with van der Waals surface area (Å²) in [5.74, 6) is -1.92. The highest BCUT2D eigenvalue weighted by Gasteiger charge is 2.32. The Morgan fingerprint density at radius 3 is 2.09 bits per heavy atom. The second-order valence-electron chi connectivity index (χ2n) is 8.10. The predicted octanol–water partition coefficient (Wildman–Crippen LogP) is 3.03. The fourth-order valence-electron chi connectivity index (χ4n) is 4.40. The third kappa shape index (κ3) is 3.97. The Bertz CT molecular complexity index is 1190. The molecular weight excluding hydrogens is 410 g/mol. The third-order valence-corrected chi connectivity index (χ3v) is 6.12. The number of Topliss-reactive ketones (excluding diaryl/α,β-unsaturated/α-hetero) is 1. The molecule has 1 fully saturated rings. The zero-order valence-corrected chi connectivity index (χ0v) is 18.0. The van der Waals surface area contributed by atoms with Gasteiger partial charge in [0.1, 0.15) is 6.04 Å². The van der Waals surface area contributed by atoms with Crippen molar-refractivity contribution in [3.63, 3.8) is 0 Å². The largest absolute Gasteiger partial charge is 0.480 e. The number of nitrogens with zero attached hydrogens (tertiary/aromatic N) is 3. The molecule has 0 radical (unpaired) electrons. The van der Waals surface area contributed by atoms with Crippen molar-refractivity contribution in [1.82, 2.24) is 9.47 Å². The van der Waals surface area contributed by atoms with Crippen LogP contribution in [-0.4, -0.2) is 63.6 Å². The number of carboxylic acids is 2. The van der Waals surface area contributed by atoms with Gasteiger partial charge < -0.3 is 19.7 Å². The summed E-state index contributed by atoms with van der Waals surface area (Å²) in [6, 6.07) is 11.4. The molecular formula is C24H25N3O5. The van der Waals surface area contributed by atoms with Crippen molar-refractivity contribution in [1.29, 1.82) is 0 Å². The molecule has 1 aliphatic rings. The quantitative estimate of drug-likeness (QED) is 0.574. The van der Waals surface area contributed by atoms with E-state index >= 15 is 0 Å².